The number of hydrogen-bond donors (Lipinski definition) is 1. The predicted octanol–water partition coefficient (Wildman–Crippen LogP) is 2.16. The minimum absolute atomic E-state index is 0.0209. The molecule has 9 heteroatoms. The molecule has 0 spiro atoms. The zero-order valence-corrected chi connectivity index (χ0v) is 17.3. The molecule has 1 N–H and O–H groups in total. The summed E-state index contributed by atoms with van der Waals surface area (Å²) >= 11 is 0. The van der Waals surface area contributed by atoms with E-state index in [-0.39, 0.29) is 23.1 Å². The van der Waals surface area contributed by atoms with Crippen LogP contribution in [0.25, 0.3) is 16.7 Å². The van der Waals surface area contributed by atoms with Crippen molar-refractivity contribution < 1.29 is 13.9 Å². The van der Waals surface area contributed by atoms with Gasteiger partial charge in [0, 0.05) is 25.4 Å². The second-order valence-electron chi connectivity index (χ2n) is 7.05. The highest BCUT2D eigenvalue weighted by Crippen LogP contribution is 2.17. The monoisotopic (exact) mass is 434 g/mol. The van der Waals surface area contributed by atoms with E-state index in [9.17, 15) is 18.8 Å². The first kappa shape index (κ1) is 21.0. The van der Waals surface area contributed by atoms with Crippen LogP contribution in [0.15, 0.2) is 70.4 Å². The van der Waals surface area contributed by atoms with Crippen LogP contribution in [0.5, 0.6) is 5.75 Å². The van der Waals surface area contributed by atoms with Crippen LogP contribution < -0.4 is 21.3 Å². The van der Waals surface area contributed by atoms with Gasteiger partial charge >= 0.3 is 5.69 Å². The molecule has 0 radical (unpaired) electrons. The van der Waals surface area contributed by atoms with Gasteiger partial charge in [-0.2, -0.15) is 0 Å². The Bertz CT molecular complexity index is 1440. The molecule has 2 aromatic carbocycles. The maximum atomic E-state index is 13.8. The van der Waals surface area contributed by atoms with Gasteiger partial charge in [-0.05, 0) is 36.4 Å². The van der Waals surface area contributed by atoms with Gasteiger partial charge < -0.3 is 10.1 Å². The summed E-state index contributed by atoms with van der Waals surface area (Å²) in [6.45, 7) is -0.0209. The number of rotatable bonds is 5. The molecule has 0 saturated carbocycles. The Morgan fingerprint density at radius 3 is 2.53 bits per heavy atom. The van der Waals surface area contributed by atoms with Crippen LogP contribution in [-0.4, -0.2) is 27.1 Å². The normalized spacial score (nSPS) is 10.8. The maximum absolute atomic E-state index is 13.8. The number of benzene rings is 2. The van der Waals surface area contributed by atoms with E-state index in [1.165, 1.54) is 37.1 Å². The standard InChI is InChI=1S/C23H19FN4O4/c1-27-22(30)18-11-15(21(29)26-12-14-5-3-4-6-19(14)24)13-25-20(18)28(23(27)31)16-7-9-17(32-2)10-8-16/h3-11,13H,12H2,1-2H3,(H,26,29). The maximum Gasteiger partial charge on any atom is 0.337 e. The van der Waals surface area contributed by atoms with E-state index in [1.54, 1.807) is 42.5 Å². The number of carbonyl (C=O) groups is 1. The Kier molecular flexibility index (Phi) is 5.55. The average Bonchev–Trinajstić information content (AvgIpc) is 2.82. The van der Waals surface area contributed by atoms with Gasteiger partial charge in [0.25, 0.3) is 11.5 Å². The van der Waals surface area contributed by atoms with Crippen molar-refractivity contribution >= 4 is 16.9 Å². The van der Waals surface area contributed by atoms with Gasteiger partial charge in [-0.25, -0.2) is 18.7 Å². The van der Waals surface area contributed by atoms with Crippen molar-refractivity contribution in [3.8, 4) is 11.4 Å². The average molecular weight is 434 g/mol. The van der Waals surface area contributed by atoms with Gasteiger partial charge in [0.1, 0.15) is 11.6 Å². The second kappa shape index (κ2) is 8.46. The molecule has 0 unspecified atom stereocenters. The Balaban J connectivity index is 1.75. The van der Waals surface area contributed by atoms with Gasteiger partial charge in [0.05, 0.1) is 23.7 Å². The van der Waals surface area contributed by atoms with Crippen molar-refractivity contribution in [2.75, 3.05) is 7.11 Å². The number of nitrogens with zero attached hydrogens (tertiary/aromatic N) is 3. The lowest BCUT2D eigenvalue weighted by Crippen LogP contribution is -2.38. The molecule has 0 aliphatic heterocycles. The minimum atomic E-state index is -0.578. The lowest BCUT2D eigenvalue weighted by Gasteiger charge is -2.13. The number of fused-ring (bicyclic) bond motifs is 1. The van der Waals surface area contributed by atoms with E-state index < -0.39 is 23.0 Å². The molecule has 2 aromatic heterocycles. The number of nitrogens with one attached hydrogen (secondary N) is 1. The van der Waals surface area contributed by atoms with Gasteiger partial charge in [-0.3, -0.25) is 14.2 Å². The van der Waals surface area contributed by atoms with Crippen molar-refractivity contribution in [1.82, 2.24) is 19.4 Å². The van der Waals surface area contributed by atoms with E-state index in [2.05, 4.69) is 10.3 Å². The Morgan fingerprint density at radius 1 is 1.12 bits per heavy atom. The third-order valence-electron chi connectivity index (χ3n) is 5.08. The summed E-state index contributed by atoms with van der Waals surface area (Å²) in [7, 11) is 2.89. The fourth-order valence-corrected chi connectivity index (χ4v) is 3.31. The summed E-state index contributed by atoms with van der Waals surface area (Å²) < 4.78 is 21.2. The lowest BCUT2D eigenvalue weighted by molar-refractivity contribution is 0.0950. The summed E-state index contributed by atoms with van der Waals surface area (Å²) in [5, 5.41) is 2.71. The van der Waals surface area contributed by atoms with Gasteiger partial charge in [0.15, 0.2) is 5.65 Å². The lowest BCUT2D eigenvalue weighted by atomic mass is 10.2. The van der Waals surface area contributed by atoms with Crippen molar-refractivity contribution in [1.29, 1.82) is 0 Å². The fraction of sp³-hybridized carbons (Fsp3) is 0.130. The van der Waals surface area contributed by atoms with Gasteiger partial charge in [-0.1, -0.05) is 18.2 Å². The van der Waals surface area contributed by atoms with Crippen LogP contribution in [0.2, 0.25) is 0 Å². The summed E-state index contributed by atoms with van der Waals surface area (Å²) in [6, 6.07) is 14.2. The Hall–Kier alpha value is -4.27. The third-order valence-corrected chi connectivity index (χ3v) is 5.08. The molecule has 32 heavy (non-hydrogen) atoms. The first-order valence-electron chi connectivity index (χ1n) is 9.68. The van der Waals surface area contributed by atoms with Crippen LogP contribution in [-0.2, 0) is 13.6 Å². The molecule has 0 aliphatic carbocycles. The first-order chi connectivity index (χ1) is 15.4. The number of amides is 1. The number of ether oxygens (including phenoxy) is 1. The third kappa shape index (κ3) is 3.76. The van der Waals surface area contributed by atoms with Crippen LogP contribution >= 0.6 is 0 Å². The number of aromatic nitrogens is 3. The van der Waals surface area contributed by atoms with Crippen LogP contribution in [0, 0.1) is 5.82 Å². The van der Waals surface area contributed by atoms with E-state index in [4.69, 9.17) is 4.74 Å². The van der Waals surface area contributed by atoms with Crippen molar-refractivity contribution in [2.24, 2.45) is 7.05 Å². The number of hydrogen-bond acceptors (Lipinski definition) is 5. The predicted molar refractivity (Wildman–Crippen MR) is 117 cm³/mol. The summed E-state index contributed by atoms with van der Waals surface area (Å²) in [5.41, 5.74) is -0.0952. The first-order valence-corrected chi connectivity index (χ1v) is 9.68. The van der Waals surface area contributed by atoms with Crippen molar-refractivity contribution in [2.45, 2.75) is 6.54 Å². The smallest absolute Gasteiger partial charge is 0.337 e. The Morgan fingerprint density at radius 2 is 1.84 bits per heavy atom. The molecular weight excluding hydrogens is 415 g/mol. The largest absolute Gasteiger partial charge is 0.497 e. The summed E-state index contributed by atoms with van der Waals surface area (Å²) in [5.74, 6) is -0.341. The number of pyridine rings is 1. The number of halogens is 1. The minimum Gasteiger partial charge on any atom is -0.497 e. The van der Waals surface area contributed by atoms with Crippen LogP contribution in [0.1, 0.15) is 15.9 Å². The molecule has 4 aromatic rings. The SMILES string of the molecule is COc1ccc(-n2c(=O)n(C)c(=O)c3cc(C(=O)NCc4ccccc4F)cnc32)cc1. The van der Waals surface area contributed by atoms with Crippen LogP contribution in [0.4, 0.5) is 4.39 Å². The summed E-state index contributed by atoms with van der Waals surface area (Å²) in [4.78, 5) is 42.4. The molecule has 0 fully saturated rings. The zero-order valence-electron chi connectivity index (χ0n) is 17.3. The number of methoxy groups -OCH3 is 1. The molecule has 2 heterocycles. The van der Waals surface area contributed by atoms with Crippen LogP contribution in [0.3, 0.4) is 0 Å². The second-order valence-corrected chi connectivity index (χ2v) is 7.05. The van der Waals surface area contributed by atoms with Gasteiger partial charge in [0.2, 0.25) is 0 Å². The van der Waals surface area contributed by atoms with E-state index >= 15 is 0 Å². The molecule has 4 rings (SSSR count). The molecule has 1 amide bonds. The van der Waals surface area contributed by atoms with Crippen molar-refractivity contribution in [3.63, 3.8) is 0 Å². The van der Waals surface area contributed by atoms with E-state index in [0.29, 0.717) is 17.0 Å². The molecule has 0 saturated heterocycles. The fourth-order valence-electron chi connectivity index (χ4n) is 3.31. The zero-order chi connectivity index (χ0) is 22.8. The molecular formula is C23H19FN4O4. The van der Waals surface area contributed by atoms with E-state index in [0.717, 1.165) is 4.57 Å². The van der Waals surface area contributed by atoms with Gasteiger partial charge in [-0.15, -0.1) is 0 Å². The molecule has 162 valence electrons. The molecule has 8 nitrogen and oxygen atoms in total. The molecule has 0 bridgehead atoms. The molecule has 0 atom stereocenters. The Labute approximate surface area is 181 Å². The highest BCUT2D eigenvalue weighted by Gasteiger charge is 2.16. The highest BCUT2D eigenvalue weighted by molar-refractivity contribution is 5.96. The van der Waals surface area contributed by atoms with Crippen molar-refractivity contribution in [3.05, 3.63) is 98.6 Å². The topological polar surface area (TPSA) is 95.2 Å². The quantitative estimate of drug-likeness (QED) is 0.520. The highest BCUT2D eigenvalue weighted by atomic mass is 19.1. The number of carbonyl (C=O) groups excluding carboxylic acids is 1. The summed E-state index contributed by atoms with van der Waals surface area (Å²) in [6.07, 6.45) is 1.28. The molecule has 0 aliphatic rings. The van der Waals surface area contributed by atoms with E-state index in [1.807, 2.05) is 0 Å².